The summed E-state index contributed by atoms with van der Waals surface area (Å²) in [6, 6.07) is 9.13. The van der Waals surface area contributed by atoms with E-state index in [1.54, 1.807) is 16.7 Å². The molecule has 3 N–H and O–H groups in total. The highest BCUT2D eigenvalue weighted by Crippen LogP contribution is 2.27. The second-order valence-electron chi connectivity index (χ2n) is 8.12. The van der Waals surface area contributed by atoms with Crippen LogP contribution in [-0.2, 0) is 16.6 Å². The summed E-state index contributed by atoms with van der Waals surface area (Å²) in [7, 11) is -4.04. The van der Waals surface area contributed by atoms with E-state index in [1.165, 1.54) is 34.9 Å². The standard InChI is InChI=1S/C23H23ClFN5O5S/c1-2-30-18-12-19(17(25)11-16(18)21(31)13-20(30)22(32)33)28-7-9-29(10-8-28)23(26)27-36(34,35)15-5-3-14(24)4-6-15/h3-6,11-13H,2,7-10H2,1H3,(H2,26,27)(H,32,33). The Bertz CT molecular complexity index is 1530. The Kier molecular flexibility index (Phi) is 6.92. The largest absolute Gasteiger partial charge is 0.477 e. The van der Waals surface area contributed by atoms with Gasteiger partial charge in [-0.1, -0.05) is 11.6 Å². The van der Waals surface area contributed by atoms with Crippen molar-refractivity contribution in [3.8, 4) is 0 Å². The zero-order valence-corrected chi connectivity index (χ0v) is 20.8. The molecular weight excluding hydrogens is 513 g/mol. The Balaban J connectivity index is 1.59. The summed E-state index contributed by atoms with van der Waals surface area (Å²) in [6.07, 6.45) is 0. The number of carbonyl (C=O) groups is 1. The molecule has 0 unspecified atom stereocenters. The third-order valence-electron chi connectivity index (χ3n) is 5.98. The van der Waals surface area contributed by atoms with Gasteiger partial charge in [0.15, 0.2) is 5.43 Å². The topological polar surface area (TPSA) is 138 Å². The molecule has 1 aliphatic rings. The zero-order chi connectivity index (χ0) is 26.2. The van der Waals surface area contributed by atoms with Gasteiger partial charge in [-0.2, -0.15) is 8.42 Å². The number of sulfonamides is 1. The van der Waals surface area contributed by atoms with E-state index in [0.717, 1.165) is 12.1 Å². The third-order valence-corrected chi connectivity index (χ3v) is 7.53. The van der Waals surface area contributed by atoms with Crippen LogP contribution in [0.4, 0.5) is 10.1 Å². The van der Waals surface area contributed by atoms with E-state index >= 15 is 4.39 Å². The van der Waals surface area contributed by atoms with Crippen molar-refractivity contribution in [1.29, 1.82) is 0 Å². The SMILES string of the molecule is CCn1c(C(=O)O)cc(=O)c2cc(F)c(N3CCN(/C(N)=N/S(=O)(=O)c4ccc(Cl)cc4)CC3)cc21. The van der Waals surface area contributed by atoms with Crippen LogP contribution in [0, 0.1) is 5.82 Å². The summed E-state index contributed by atoms with van der Waals surface area (Å²) >= 11 is 5.81. The minimum atomic E-state index is -4.04. The monoisotopic (exact) mass is 535 g/mol. The number of aromatic carboxylic acids is 1. The molecule has 1 saturated heterocycles. The molecule has 10 nitrogen and oxygen atoms in total. The molecule has 1 aliphatic heterocycles. The lowest BCUT2D eigenvalue weighted by Crippen LogP contribution is -2.51. The van der Waals surface area contributed by atoms with Gasteiger partial charge in [-0.05, 0) is 43.3 Å². The number of nitrogens with two attached hydrogens (primary N) is 1. The second kappa shape index (κ2) is 9.78. The lowest BCUT2D eigenvalue weighted by Gasteiger charge is -2.36. The number of anilines is 1. The highest BCUT2D eigenvalue weighted by molar-refractivity contribution is 7.90. The minimum Gasteiger partial charge on any atom is -0.477 e. The quantitative estimate of drug-likeness (QED) is 0.375. The van der Waals surface area contributed by atoms with E-state index in [9.17, 15) is 23.1 Å². The Morgan fingerprint density at radius 1 is 1.14 bits per heavy atom. The first-order chi connectivity index (χ1) is 17.0. The molecular formula is C23H23ClFN5O5S. The number of benzene rings is 2. The molecule has 1 fully saturated rings. The van der Waals surface area contributed by atoms with E-state index < -0.39 is 27.2 Å². The number of rotatable bonds is 5. The highest BCUT2D eigenvalue weighted by atomic mass is 35.5. The number of aromatic nitrogens is 1. The first-order valence-electron chi connectivity index (χ1n) is 11.0. The third kappa shape index (κ3) is 4.86. The van der Waals surface area contributed by atoms with Gasteiger partial charge in [0.1, 0.15) is 11.5 Å². The number of aryl methyl sites for hydroxylation is 1. The summed E-state index contributed by atoms with van der Waals surface area (Å²) in [4.78, 5) is 27.3. The maximum atomic E-state index is 15.0. The predicted octanol–water partition coefficient (Wildman–Crippen LogP) is 2.34. The minimum absolute atomic E-state index is 0.0468. The summed E-state index contributed by atoms with van der Waals surface area (Å²) in [5.74, 6) is -2.06. The van der Waals surface area contributed by atoms with Crippen molar-refractivity contribution in [2.45, 2.75) is 18.4 Å². The van der Waals surface area contributed by atoms with Crippen molar-refractivity contribution in [3.63, 3.8) is 0 Å². The van der Waals surface area contributed by atoms with Crippen LogP contribution in [0.3, 0.4) is 0 Å². The number of nitrogens with zero attached hydrogens (tertiary/aromatic N) is 4. The maximum Gasteiger partial charge on any atom is 0.352 e. The van der Waals surface area contributed by atoms with Crippen LogP contribution in [0.5, 0.6) is 0 Å². The number of halogens is 2. The molecule has 0 radical (unpaired) electrons. The fourth-order valence-corrected chi connectivity index (χ4v) is 5.23. The van der Waals surface area contributed by atoms with Gasteiger partial charge in [0.05, 0.1) is 16.1 Å². The molecule has 2 heterocycles. The van der Waals surface area contributed by atoms with E-state index in [1.807, 2.05) is 0 Å². The summed E-state index contributed by atoms with van der Waals surface area (Å²) < 4.78 is 45.3. The van der Waals surface area contributed by atoms with Crippen LogP contribution in [0.25, 0.3) is 10.9 Å². The molecule has 13 heteroatoms. The molecule has 0 atom stereocenters. The fraction of sp³-hybridized carbons (Fsp3) is 0.261. The molecule has 0 spiro atoms. The summed E-state index contributed by atoms with van der Waals surface area (Å²) in [5, 5.41) is 9.95. The van der Waals surface area contributed by atoms with Gasteiger partial charge in [0, 0.05) is 49.2 Å². The van der Waals surface area contributed by atoms with Gasteiger partial charge in [0.25, 0.3) is 10.0 Å². The van der Waals surface area contributed by atoms with E-state index in [0.29, 0.717) is 10.5 Å². The first-order valence-corrected chi connectivity index (χ1v) is 12.8. The number of fused-ring (bicyclic) bond motifs is 1. The normalized spacial score (nSPS) is 14.9. The van der Waals surface area contributed by atoms with E-state index in [-0.39, 0.29) is 60.3 Å². The molecule has 0 bridgehead atoms. The van der Waals surface area contributed by atoms with Crippen LogP contribution in [0.1, 0.15) is 17.4 Å². The Morgan fingerprint density at radius 2 is 1.78 bits per heavy atom. The molecule has 0 aliphatic carbocycles. The number of piperazine rings is 1. The number of carboxylic acid groups (broad SMARTS) is 1. The van der Waals surface area contributed by atoms with Gasteiger partial charge in [-0.3, -0.25) is 4.79 Å². The average Bonchev–Trinajstić information content (AvgIpc) is 2.84. The van der Waals surface area contributed by atoms with Crippen LogP contribution >= 0.6 is 11.6 Å². The molecule has 4 rings (SSSR count). The number of carboxylic acids is 1. The Hall–Kier alpha value is -3.64. The van der Waals surface area contributed by atoms with Gasteiger partial charge in [-0.15, -0.1) is 4.40 Å². The fourth-order valence-electron chi connectivity index (χ4n) is 4.16. The smallest absolute Gasteiger partial charge is 0.352 e. The number of hydrogen-bond acceptors (Lipinski definition) is 5. The van der Waals surface area contributed by atoms with Gasteiger partial charge >= 0.3 is 5.97 Å². The van der Waals surface area contributed by atoms with Crippen LogP contribution in [0.15, 0.2) is 56.6 Å². The lowest BCUT2D eigenvalue weighted by atomic mass is 10.1. The number of hydrogen-bond donors (Lipinski definition) is 2. The molecule has 0 saturated carbocycles. The average molecular weight is 536 g/mol. The Labute approximate surface area is 211 Å². The maximum absolute atomic E-state index is 15.0. The molecule has 3 aromatic rings. The van der Waals surface area contributed by atoms with E-state index in [2.05, 4.69) is 4.40 Å². The van der Waals surface area contributed by atoms with Crippen LogP contribution in [0.2, 0.25) is 5.02 Å². The number of guanidine groups is 1. The second-order valence-corrected chi connectivity index (χ2v) is 10.2. The first kappa shape index (κ1) is 25.5. The zero-order valence-electron chi connectivity index (χ0n) is 19.2. The van der Waals surface area contributed by atoms with Crippen molar-refractivity contribution in [3.05, 3.63) is 69.2 Å². The lowest BCUT2D eigenvalue weighted by molar-refractivity contribution is 0.0685. The summed E-state index contributed by atoms with van der Waals surface area (Å²) in [5.41, 5.74) is 5.74. The molecule has 2 aromatic carbocycles. The van der Waals surface area contributed by atoms with Crippen molar-refractivity contribution < 1.29 is 22.7 Å². The molecule has 1 aromatic heterocycles. The molecule has 190 valence electrons. The van der Waals surface area contributed by atoms with Gasteiger partial charge in [0.2, 0.25) is 5.96 Å². The van der Waals surface area contributed by atoms with E-state index in [4.69, 9.17) is 17.3 Å². The molecule has 36 heavy (non-hydrogen) atoms. The summed E-state index contributed by atoms with van der Waals surface area (Å²) in [6.45, 7) is 3.10. The Morgan fingerprint density at radius 3 is 2.36 bits per heavy atom. The van der Waals surface area contributed by atoms with Gasteiger partial charge in [-0.25, -0.2) is 9.18 Å². The van der Waals surface area contributed by atoms with Crippen molar-refractivity contribution >= 4 is 50.1 Å². The van der Waals surface area contributed by atoms with Gasteiger partial charge < -0.3 is 25.2 Å². The number of pyridine rings is 1. The predicted molar refractivity (Wildman–Crippen MR) is 135 cm³/mol. The van der Waals surface area contributed by atoms with Crippen LogP contribution in [-0.4, -0.2) is 61.1 Å². The van der Waals surface area contributed by atoms with Crippen molar-refractivity contribution in [2.75, 3.05) is 31.1 Å². The van der Waals surface area contributed by atoms with Crippen LogP contribution < -0.4 is 16.1 Å². The van der Waals surface area contributed by atoms with Crippen molar-refractivity contribution in [1.82, 2.24) is 9.47 Å². The highest BCUT2D eigenvalue weighted by Gasteiger charge is 2.24. The molecule has 0 amide bonds. The van der Waals surface area contributed by atoms with Crippen molar-refractivity contribution in [2.24, 2.45) is 10.1 Å².